The van der Waals surface area contributed by atoms with Crippen molar-refractivity contribution >= 4 is 72.6 Å². The second-order valence-corrected chi connectivity index (χ2v) is 15.8. The number of hydrogen-bond donors (Lipinski definition) is 0. The van der Waals surface area contributed by atoms with E-state index in [-0.39, 0.29) is 0 Å². The van der Waals surface area contributed by atoms with Gasteiger partial charge in [-0.05, 0) is 121 Å². The van der Waals surface area contributed by atoms with E-state index in [1.807, 2.05) is 0 Å². The highest BCUT2D eigenvalue weighted by Gasteiger charge is 2.17. The Hall–Kier alpha value is -7.94. The molecule has 11 aromatic rings. The van der Waals surface area contributed by atoms with Crippen LogP contribution in [0.2, 0.25) is 0 Å². The second-order valence-electron chi connectivity index (χ2n) is 15.8. The van der Waals surface area contributed by atoms with E-state index in [0.717, 1.165) is 17.1 Å². The topological polar surface area (TPSA) is 8.17 Å². The molecule has 0 saturated heterocycles. The molecule has 1 aromatic heterocycles. The summed E-state index contributed by atoms with van der Waals surface area (Å²) < 4.78 is 2.33. The van der Waals surface area contributed by atoms with Gasteiger partial charge < -0.3 is 9.47 Å². The summed E-state index contributed by atoms with van der Waals surface area (Å²) >= 11 is 0. The predicted octanol–water partition coefficient (Wildman–Crippen LogP) is 16.3. The van der Waals surface area contributed by atoms with Gasteiger partial charge in [0.25, 0.3) is 0 Å². The molecule has 0 fully saturated rings. The van der Waals surface area contributed by atoms with Crippen LogP contribution in [-0.4, -0.2) is 4.57 Å². The van der Waals surface area contributed by atoms with Crippen LogP contribution in [0.25, 0.3) is 88.9 Å². The maximum Gasteiger partial charge on any atom is 0.0509 e. The minimum atomic E-state index is 1.13. The molecule has 0 saturated carbocycles. The number of fused-ring (bicyclic) bond motifs is 5. The lowest BCUT2D eigenvalue weighted by Gasteiger charge is -2.25. The normalized spacial score (nSPS) is 11.6. The van der Waals surface area contributed by atoms with Crippen molar-refractivity contribution in [1.82, 2.24) is 4.57 Å². The molecule has 0 bridgehead atoms. The Morgan fingerprint density at radius 3 is 1.54 bits per heavy atom. The molecule has 1 heterocycles. The van der Waals surface area contributed by atoms with Crippen molar-refractivity contribution < 1.29 is 0 Å². The fraction of sp³-hybridized carbons (Fsp3) is 0.0169. The minimum Gasteiger partial charge on any atom is -0.344 e. The van der Waals surface area contributed by atoms with Crippen molar-refractivity contribution in [3.8, 4) is 33.4 Å². The standard InChI is InChI=1S/C59H42N2/c1-60-57-38-42(28-33-54(57)55-34-32-50(40-58(55)60)61(48-19-10-4-11-20-48)49-21-12-5-13-22-49)26-25-41-27-29-46-39-47(31-30-45(46)37-41)51-35-36-53(44-17-8-3-9-18-44)59-52(23-14-24-56(51)59)43-15-6-2-7-16-43/h2-40H,1H3/b26-25+. The predicted molar refractivity (Wildman–Crippen MR) is 262 cm³/mol. The molecule has 0 unspecified atom stereocenters. The lowest BCUT2D eigenvalue weighted by molar-refractivity contribution is 1.01. The summed E-state index contributed by atoms with van der Waals surface area (Å²) in [7, 11) is 2.18. The van der Waals surface area contributed by atoms with E-state index in [4.69, 9.17) is 0 Å². The number of hydrogen-bond acceptors (Lipinski definition) is 1. The molecule has 11 rings (SSSR count). The van der Waals surface area contributed by atoms with E-state index in [1.165, 1.54) is 87.9 Å². The molecule has 2 heteroatoms. The third-order valence-electron chi connectivity index (χ3n) is 12.2. The van der Waals surface area contributed by atoms with Gasteiger partial charge in [-0.15, -0.1) is 0 Å². The summed E-state index contributed by atoms with van der Waals surface area (Å²) in [5, 5.41) is 7.49. The molecule has 0 aliphatic rings. The molecule has 10 aromatic carbocycles. The average molecular weight is 779 g/mol. The lowest BCUT2D eigenvalue weighted by atomic mass is 9.87. The van der Waals surface area contributed by atoms with E-state index in [2.05, 4.69) is 253 Å². The molecule has 0 atom stereocenters. The molecular weight excluding hydrogens is 737 g/mol. The van der Waals surface area contributed by atoms with Gasteiger partial charge in [0.1, 0.15) is 0 Å². The van der Waals surface area contributed by atoms with Crippen LogP contribution in [0.1, 0.15) is 11.1 Å². The van der Waals surface area contributed by atoms with Gasteiger partial charge in [0.05, 0.1) is 5.52 Å². The highest BCUT2D eigenvalue weighted by molar-refractivity contribution is 6.13. The molecule has 61 heavy (non-hydrogen) atoms. The van der Waals surface area contributed by atoms with Crippen LogP contribution in [0, 0.1) is 0 Å². The number of aryl methyl sites for hydroxylation is 1. The van der Waals surface area contributed by atoms with E-state index < -0.39 is 0 Å². The van der Waals surface area contributed by atoms with Crippen LogP contribution in [-0.2, 0) is 7.05 Å². The summed E-state index contributed by atoms with van der Waals surface area (Å²) in [5.74, 6) is 0. The summed E-state index contributed by atoms with van der Waals surface area (Å²) in [6.45, 7) is 0. The van der Waals surface area contributed by atoms with Crippen LogP contribution in [0.4, 0.5) is 17.1 Å². The van der Waals surface area contributed by atoms with Crippen molar-refractivity contribution in [2.24, 2.45) is 7.05 Å². The second kappa shape index (κ2) is 15.3. The Labute approximate surface area is 356 Å². The first kappa shape index (κ1) is 36.2. The zero-order valence-corrected chi connectivity index (χ0v) is 33.9. The first-order valence-corrected chi connectivity index (χ1v) is 21.0. The highest BCUT2D eigenvalue weighted by Crippen LogP contribution is 2.42. The van der Waals surface area contributed by atoms with Gasteiger partial charge in [0.15, 0.2) is 0 Å². The largest absolute Gasteiger partial charge is 0.344 e. The van der Waals surface area contributed by atoms with Gasteiger partial charge in [0, 0.05) is 40.4 Å². The number of benzene rings is 10. The van der Waals surface area contributed by atoms with Gasteiger partial charge >= 0.3 is 0 Å². The first-order valence-electron chi connectivity index (χ1n) is 21.0. The molecule has 2 nitrogen and oxygen atoms in total. The molecule has 0 aliphatic heterocycles. The summed E-state index contributed by atoms with van der Waals surface area (Å²) in [5.41, 5.74) is 15.6. The number of para-hydroxylation sites is 2. The Kier molecular flexibility index (Phi) is 9.09. The maximum atomic E-state index is 2.34. The van der Waals surface area contributed by atoms with Crippen LogP contribution in [0.3, 0.4) is 0 Å². The van der Waals surface area contributed by atoms with Gasteiger partial charge in [0.2, 0.25) is 0 Å². The monoisotopic (exact) mass is 778 g/mol. The van der Waals surface area contributed by atoms with Crippen LogP contribution < -0.4 is 4.90 Å². The van der Waals surface area contributed by atoms with Gasteiger partial charge in [-0.25, -0.2) is 0 Å². The summed E-state index contributed by atoms with van der Waals surface area (Å²) in [6, 6.07) is 81.3. The molecule has 0 amide bonds. The fourth-order valence-corrected chi connectivity index (χ4v) is 9.16. The Bertz CT molecular complexity index is 3320. The smallest absolute Gasteiger partial charge is 0.0509 e. The molecule has 0 radical (unpaired) electrons. The van der Waals surface area contributed by atoms with Crippen molar-refractivity contribution in [2.45, 2.75) is 0 Å². The first-order chi connectivity index (χ1) is 30.2. The SMILES string of the molecule is Cn1c2cc(/C=C/c3ccc4cc(-c5ccc(-c6ccccc6)c6c(-c7ccccc7)cccc56)ccc4c3)ccc2c2ccc(N(c3ccccc3)c3ccccc3)cc21. The lowest BCUT2D eigenvalue weighted by Crippen LogP contribution is -2.09. The number of aromatic nitrogens is 1. The van der Waals surface area contributed by atoms with Crippen molar-refractivity contribution in [3.05, 3.63) is 236 Å². The van der Waals surface area contributed by atoms with E-state index in [9.17, 15) is 0 Å². The van der Waals surface area contributed by atoms with Gasteiger partial charge in [-0.1, -0.05) is 182 Å². The quantitative estimate of drug-likeness (QED) is 0.140. The Morgan fingerprint density at radius 1 is 0.344 bits per heavy atom. The van der Waals surface area contributed by atoms with E-state index in [1.54, 1.807) is 0 Å². The Balaban J connectivity index is 0.912. The number of rotatable bonds is 8. The summed E-state index contributed by atoms with van der Waals surface area (Å²) in [4.78, 5) is 2.32. The average Bonchev–Trinajstić information content (AvgIpc) is 3.61. The van der Waals surface area contributed by atoms with Crippen molar-refractivity contribution in [1.29, 1.82) is 0 Å². The van der Waals surface area contributed by atoms with Crippen LogP contribution in [0.5, 0.6) is 0 Å². The van der Waals surface area contributed by atoms with Crippen molar-refractivity contribution in [2.75, 3.05) is 4.90 Å². The molecule has 0 N–H and O–H groups in total. The van der Waals surface area contributed by atoms with Gasteiger partial charge in [-0.3, -0.25) is 0 Å². The number of anilines is 3. The highest BCUT2D eigenvalue weighted by atomic mass is 15.1. The molecule has 0 spiro atoms. The zero-order chi connectivity index (χ0) is 40.7. The molecule has 288 valence electrons. The van der Waals surface area contributed by atoms with Crippen LogP contribution >= 0.6 is 0 Å². The maximum absolute atomic E-state index is 2.34. The third-order valence-corrected chi connectivity index (χ3v) is 12.2. The Morgan fingerprint density at radius 2 is 0.869 bits per heavy atom. The van der Waals surface area contributed by atoms with Crippen LogP contribution in [0.15, 0.2) is 224 Å². The number of nitrogens with zero attached hydrogens (tertiary/aromatic N) is 2. The fourth-order valence-electron chi connectivity index (χ4n) is 9.16. The van der Waals surface area contributed by atoms with Gasteiger partial charge in [-0.2, -0.15) is 0 Å². The van der Waals surface area contributed by atoms with E-state index >= 15 is 0 Å². The molecule has 0 aliphatic carbocycles. The van der Waals surface area contributed by atoms with E-state index in [0.29, 0.717) is 0 Å². The minimum absolute atomic E-state index is 1.13. The summed E-state index contributed by atoms with van der Waals surface area (Å²) in [6.07, 6.45) is 4.46. The third kappa shape index (κ3) is 6.65. The zero-order valence-electron chi connectivity index (χ0n) is 33.9. The van der Waals surface area contributed by atoms with Crippen molar-refractivity contribution in [3.63, 3.8) is 0 Å². The molecular formula is C59H42N2.